The van der Waals surface area contributed by atoms with Crippen LogP contribution in [0.15, 0.2) is 36.4 Å². The summed E-state index contributed by atoms with van der Waals surface area (Å²) in [4.78, 5) is 0. The van der Waals surface area contributed by atoms with E-state index < -0.39 is 0 Å². The summed E-state index contributed by atoms with van der Waals surface area (Å²) in [5, 5.41) is 7.05. The first kappa shape index (κ1) is 18.1. The van der Waals surface area contributed by atoms with E-state index in [4.69, 9.17) is 21.7 Å². The highest BCUT2D eigenvalue weighted by atomic mass is 32.1. The molecule has 1 atom stereocenters. The van der Waals surface area contributed by atoms with E-state index in [1.54, 1.807) is 14.2 Å². The second kappa shape index (κ2) is 8.02. The molecule has 2 aromatic rings. The lowest BCUT2D eigenvalue weighted by Gasteiger charge is -2.19. The number of anilines is 1. The summed E-state index contributed by atoms with van der Waals surface area (Å²) >= 11 is 5.42. The second-order valence-corrected chi connectivity index (χ2v) is 6.14. The van der Waals surface area contributed by atoms with Crippen LogP contribution in [-0.2, 0) is 0 Å². The van der Waals surface area contributed by atoms with Crippen molar-refractivity contribution in [1.82, 2.24) is 5.32 Å². The first-order valence-electron chi connectivity index (χ1n) is 7.81. The van der Waals surface area contributed by atoms with Gasteiger partial charge in [0.1, 0.15) is 0 Å². The number of benzene rings is 2. The van der Waals surface area contributed by atoms with E-state index in [0.29, 0.717) is 16.6 Å². The number of nitrogens with one attached hydrogen (secondary N) is 2. The molecule has 0 saturated carbocycles. The highest BCUT2D eigenvalue weighted by Crippen LogP contribution is 2.29. The van der Waals surface area contributed by atoms with E-state index in [-0.39, 0.29) is 6.04 Å². The Balaban J connectivity index is 2.03. The SMILES string of the molecule is COc1ccc(NC(=S)NC(C)c2ccc(C)c(C)c2)cc1OC. The highest BCUT2D eigenvalue weighted by molar-refractivity contribution is 7.80. The van der Waals surface area contributed by atoms with Gasteiger partial charge in [0.15, 0.2) is 16.6 Å². The summed E-state index contributed by atoms with van der Waals surface area (Å²) in [5.41, 5.74) is 4.61. The van der Waals surface area contributed by atoms with Crippen LogP contribution in [0.4, 0.5) is 5.69 Å². The Bertz CT molecular complexity index is 731. The number of hydrogen-bond acceptors (Lipinski definition) is 3. The Morgan fingerprint density at radius 1 is 0.958 bits per heavy atom. The molecule has 2 aromatic carbocycles. The van der Waals surface area contributed by atoms with Crippen LogP contribution >= 0.6 is 12.2 Å². The molecule has 0 heterocycles. The van der Waals surface area contributed by atoms with Crippen molar-refractivity contribution in [2.24, 2.45) is 0 Å². The van der Waals surface area contributed by atoms with Gasteiger partial charge in [0.05, 0.1) is 20.3 Å². The molecule has 5 heteroatoms. The van der Waals surface area contributed by atoms with E-state index in [0.717, 1.165) is 5.69 Å². The molecule has 0 aromatic heterocycles. The third kappa shape index (κ3) is 4.38. The number of methoxy groups -OCH3 is 2. The lowest BCUT2D eigenvalue weighted by molar-refractivity contribution is 0.355. The Labute approximate surface area is 149 Å². The van der Waals surface area contributed by atoms with Crippen LogP contribution in [0.1, 0.15) is 29.7 Å². The molecule has 0 bridgehead atoms. The molecule has 1 unspecified atom stereocenters. The quantitative estimate of drug-likeness (QED) is 0.789. The van der Waals surface area contributed by atoms with Gasteiger partial charge >= 0.3 is 0 Å². The molecule has 0 spiro atoms. The predicted molar refractivity (Wildman–Crippen MR) is 103 cm³/mol. The average Bonchev–Trinajstić information content (AvgIpc) is 2.56. The fourth-order valence-electron chi connectivity index (χ4n) is 2.40. The summed E-state index contributed by atoms with van der Waals surface area (Å²) in [6.07, 6.45) is 0. The molecule has 2 rings (SSSR count). The van der Waals surface area contributed by atoms with Crippen LogP contribution in [0.25, 0.3) is 0 Å². The van der Waals surface area contributed by atoms with Crippen LogP contribution in [0.5, 0.6) is 11.5 Å². The lowest BCUT2D eigenvalue weighted by Crippen LogP contribution is -2.30. The Kier molecular flexibility index (Phi) is 6.04. The molecule has 0 aliphatic carbocycles. The zero-order valence-electron chi connectivity index (χ0n) is 14.8. The van der Waals surface area contributed by atoms with Crippen LogP contribution < -0.4 is 20.1 Å². The maximum absolute atomic E-state index is 5.42. The number of rotatable bonds is 5. The molecule has 0 aliphatic heterocycles. The van der Waals surface area contributed by atoms with Gasteiger partial charge < -0.3 is 20.1 Å². The maximum atomic E-state index is 5.42. The van der Waals surface area contributed by atoms with Crippen molar-refractivity contribution < 1.29 is 9.47 Å². The Morgan fingerprint density at radius 3 is 2.29 bits per heavy atom. The molecule has 0 fully saturated rings. The van der Waals surface area contributed by atoms with Crippen LogP contribution in [-0.4, -0.2) is 19.3 Å². The van der Waals surface area contributed by atoms with Gasteiger partial charge in [0.2, 0.25) is 0 Å². The summed E-state index contributed by atoms with van der Waals surface area (Å²) in [5.74, 6) is 1.35. The average molecular weight is 344 g/mol. The molecule has 128 valence electrons. The highest BCUT2D eigenvalue weighted by Gasteiger charge is 2.10. The largest absolute Gasteiger partial charge is 0.493 e. The molecule has 2 N–H and O–H groups in total. The smallest absolute Gasteiger partial charge is 0.171 e. The van der Waals surface area contributed by atoms with Gasteiger partial charge in [0, 0.05) is 11.8 Å². The van der Waals surface area contributed by atoms with Crippen molar-refractivity contribution in [3.63, 3.8) is 0 Å². The normalized spacial score (nSPS) is 11.5. The monoisotopic (exact) mass is 344 g/mol. The Hall–Kier alpha value is -2.27. The summed E-state index contributed by atoms with van der Waals surface area (Å²) in [6.45, 7) is 6.32. The van der Waals surface area contributed by atoms with E-state index in [2.05, 4.69) is 49.6 Å². The van der Waals surface area contributed by atoms with E-state index in [1.165, 1.54) is 16.7 Å². The molecule has 0 amide bonds. The Morgan fingerprint density at radius 2 is 1.67 bits per heavy atom. The van der Waals surface area contributed by atoms with E-state index in [1.807, 2.05) is 18.2 Å². The standard InChI is InChI=1S/C19H24N2O2S/c1-12-6-7-15(10-13(12)2)14(3)20-19(24)21-16-8-9-17(22-4)18(11-16)23-5/h6-11,14H,1-5H3,(H2,20,21,24). The maximum Gasteiger partial charge on any atom is 0.171 e. The molecular formula is C19H24N2O2S. The topological polar surface area (TPSA) is 42.5 Å². The number of aryl methyl sites for hydroxylation is 2. The van der Waals surface area contributed by atoms with Crippen molar-refractivity contribution in [3.8, 4) is 11.5 Å². The van der Waals surface area contributed by atoms with Crippen LogP contribution in [0.3, 0.4) is 0 Å². The molecule has 0 aliphatic rings. The van der Waals surface area contributed by atoms with Crippen LogP contribution in [0, 0.1) is 13.8 Å². The first-order chi connectivity index (χ1) is 11.4. The first-order valence-corrected chi connectivity index (χ1v) is 8.22. The fourth-order valence-corrected chi connectivity index (χ4v) is 2.69. The van der Waals surface area contributed by atoms with E-state index >= 15 is 0 Å². The van der Waals surface area contributed by atoms with Gasteiger partial charge in [-0.15, -0.1) is 0 Å². The molecule has 0 saturated heterocycles. The summed E-state index contributed by atoms with van der Waals surface area (Å²) in [6, 6.07) is 12.2. The zero-order chi connectivity index (χ0) is 17.7. The molecule has 4 nitrogen and oxygen atoms in total. The molecule has 24 heavy (non-hydrogen) atoms. The van der Waals surface area contributed by atoms with Crippen molar-refractivity contribution in [2.45, 2.75) is 26.8 Å². The number of thiocarbonyl (C=S) groups is 1. The number of ether oxygens (including phenoxy) is 2. The molecular weight excluding hydrogens is 320 g/mol. The minimum absolute atomic E-state index is 0.115. The van der Waals surface area contributed by atoms with Crippen molar-refractivity contribution in [3.05, 3.63) is 53.1 Å². The van der Waals surface area contributed by atoms with Gasteiger partial charge in [0.25, 0.3) is 0 Å². The summed E-state index contributed by atoms with van der Waals surface area (Å²) < 4.78 is 10.5. The zero-order valence-corrected chi connectivity index (χ0v) is 15.6. The van der Waals surface area contributed by atoms with Crippen LogP contribution in [0.2, 0.25) is 0 Å². The van der Waals surface area contributed by atoms with Gasteiger partial charge in [-0.3, -0.25) is 0 Å². The van der Waals surface area contributed by atoms with Crippen molar-refractivity contribution >= 4 is 23.0 Å². The fraction of sp³-hybridized carbons (Fsp3) is 0.316. The summed E-state index contributed by atoms with van der Waals surface area (Å²) in [7, 11) is 3.22. The third-order valence-corrected chi connectivity index (χ3v) is 4.24. The number of hydrogen-bond donors (Lipinski definition) is 2. The van der Waals surface area contributed by atoms with Gasteiger partial charge in [-0.25, -0.2) is 0 Å². The van der Waals surface area contributed by atoms with E-state index in [9.17, 15) is 0 Å². The molecule has 0 radical (unpaired) electrons. The minimum Gasteiger partial charge on any atom is -0.493 e. The van der Waals surface area contributed by atoms with Gasteiger partial charge in [-0.05, 0) is 61.8 Å². The lowest BCUT2D eigenvalue weighted by atomic mass is 10.0. The van der Waals surface area contributed by atoms with Crippen molar-refractivity contribution in [1.29, 1.82) is 0 Å². The minimum atomic E-state index is 0.115. The third-order valence-electron chi connectivity index (χ3n) is 4.02. The van der Waals surface area contributed by atoms with Gasteiger partial charge in [-0.2, -0.15) is 0 Å². The van der Waals surface area contributed by atoms with Gasteiger partial charge in [-0.1, -0.05) is 18.2 Å². The second-order valence-electron chi connectivity index (χ2n) is 5.73. The van der Waals surface area contributed by atoms with Crippen molar-refractivity contribution in [2.75, 3.05) is 19.5 Å². The predicted octanol–water partition coefficient (Wildman–Crippen LogP) is 4.37.